The molecular formula is C17H14N4O4. The van der Waals surface area contributed by atoms with Crippen LogP contribution in [0, 0.1) is 10.1 Å². The van der Waals surface area contributed by atoms with Gasteiger partial charge in [0.15, 0.2) is 0 Å². The second-order valence-electron chi connectivity index (χ2n) is 5.16. The van der Waals surface area contributed by atoms with Crippen LogP contribution in [0.4, 0.5) is 5.69 Å². The van der Waals surface area contributed by atoms with E-state index in [1.54, 1.807) is 13.3 Å². The molecular weight excluding hydrogens is 324 g/mol. The van der Waals surface area contributed by atoms with Gasteiger partial charge in [-0.3, -0.25) is 14.9 Å². The van der Waals surface area contributed by atoms with E-state index in [0.29, 0.717) is 0 Å². The van der Waals surface area contributed by atoms with Crippen molar-refractivity contribution in [3.63, 3.8) is 0 Å². The van der Waals surface area contributed by atoms with Gasteiger partial charge in [0.1, 0.15) is 5.75 Å². The number of hydrazone groups is 1. The largest absolute Gasteiger partial charge is 0.497 e. The molecule has 3 rings (SSSR count). The third-order valence-electron chi connectivity index (χ3n) is 3.63. The smallest absolute Gasteiger partial charge is 0.271 e. The third-order valence-corrected chi connectivity index (χ3v) is 3.63. The number of hydrogen-bond donors (Lipinski definition) is 2. The third kappa shape index (κ3) is 3.47. The highest BCUT2D eigenvalue weighted by atomic mass is 16.6. The number of aromatic nitrogens is 1. The second kappa shape index (κ2) is 6.83. The van der Waals surface area contributed by atoms with E-state index in [9.17, 15) is 14.9 Å². The first-order valence-electron chi connectivity index (χ1n) is 7.31. The van der Waals surface area contributed by atoms with Gasteiger partial charge in [-0.2, -0.15) is 5.10 Å². The summed E-state index contributed by atoms with van der Waals surface area (Å²) in [6, 6.07) is 10.9. The topological polar surface area (TPSA) is 110 Å². The van der Waals surface area contributed by atoms with E-state index in [2.05, 4.69) is 15.5 Å². The first kappa shape index (κ1) is 16.2. The van der Waals surface area contributed by atoms with Crippen molar-refractivity contribution in [1.82, 2.24) is 10.4 Å². The van der Waals surface area contributed by atoms with Gasteiger partial charge in [0, 0.05) is 46.4 Å². The fourth-order valence-electron chi connectivity index (χ4n) is 2.32. The molecule has 0 aliphatic carbocycles. The molecule has 1 amide bonds. The Morgan fingerprint density at radius 2 is 2.04 bits per heavy atom. The Morgan fingerprint density at radius 1 is 1.28 bits per heavy atom. The van der Waals surface area contributed by atoms with E-state index in [1.165, 1.54) is 30.5 Å². The number of non-ortho nitro benzene ring substituents is 1. The van der Waals surface area contributed by atoms with E-state index in [-0.39, 0.29) is 11.3 Å². The number of H-pyrrole nitrogens is 1. The molecule has 0 unspecified atom stereocenters. The van der Waals surface area contributed by atoms with Gasteiger partial charge in [-0.25, -0.2) is 5.43 Å². The molecule has 0 radical (unpaired) electrons. The van der Waals surface area contributed by atoms with Crippen LogP contribution in [0.3, 0.4) is 0 Å². The van der Waals surface area contributed by atoms with Gasteiger partial charge in [-0.05, 0) is 24.3 Å². The number of benzene rings is 2. The summed E-state index contributed by atoms with van der Waals surface area (Å²) < 4.78 is 5.16. The Hall–Kier alpha value is -3.68. The monoisotopic (exact) mass is 338 g/mol. The molecule has 1 heterocycles. The zero-order valence-corrected chi connectivity index (χ0v) is 13.2. The number of amides is 1. The highest BCUT2D eigenvalue weighted by Gasteiger charge is 2.09. The number of nitrogens with zero attached hydrogens (tertiary/aromatic N) is 2. The molecule has 0 spiro atoms. The van der Waals surface area contributed by atoms with Crippen molar-refractivity contribution in [3.8, 4) is 5.75 Å². The van der Waals surface area contributed by atoms with Crippen LogP contribution in [-0.2, 0) is 0 Å². The molecule has 8 nitrogen and oxygen atoms in total. The van der Waals surface area contributed by atoms with Crippen LogP contribution >= 0.6 is 0 Å². The van der Waals surface area contributed by atoms with Gasteiger partial charge in [-0.1, -0.05) is 0 Å². The lowest BCUT2D eigenvalue weighted by Crippen LogP contribution is -2.17. The summed E-state index contributed by atoms with van der Waals surface area (Å²) in [7, 11) is 1.60. The average molecular weight is 338 g/mol. The lowest BCUT2D eigenvalue weighted by atomic mass is 10.2. The minimum absolute atomic E-state index is 0.0747. The Kier molecular flexibility index (Phi) is 4.42. The fourth-order valence-corrected chi connectivity index (χ4v) is 2.32. The predicted octanol–water partition coefficient (Wildman–Crippen LogP) is 2.85. The summed E-state index contributed by atoms with van der Waals surface area (Å²) in [5.74, 6) is 0.289. The molecule has 1 aromatic heterocycles. The average Bonchev–Trinajstić information content (AvgIpc) is 3.03. The molecule has 25 heavy (non-hydrogen) atoms. The summed E-state index contributed by atoms with van der Waals surface area (Å²) in [4.78, 5) is 25.2. The number of nitro benzene ring substituents is 1. The van der Waals surface area contributed by atoms with Crippen LogP contribution in [0.5, 0.6) is 5.75 Å². The van der Waals surface area contributed by atoms with Gasteiger partial charge in [-0.15, -0.1) is 0 Å². The minimum Gasteiger partial charge on any atom is -0.497 e. The molecule has 2 N–H and O–H groups in total. The molecule has 126 valence electrons. The van der Waals surface area contributed by atoms with E-state index in [4.69, 9.17) is 4.74 Å². The van der Waals surface area contributed by atoms with E-state index < -0.39 is 10.8 Å². The second-order valence-corrected chi connectivity index (χ2v) is 5.16. The maximum atomic E-state index is 12.0. The van der Waals surface area contributed by atoms with Crippen molar-refractivity contribution in [2.24, 2.45) is 5.10 Å². The quantitative estimate of drug-likeness (QED) is 0.423. The zero-order chi connectivity index (χ0) is 17.8. The molecule has 8 heteroatoms. The number of nitro groups is 1. The first-order chi connectivity index (χ1) is 12.1. The summed E-state index contributed by atoms with van der Waals surface area (Å²) in [5, 5.41) is 15.5. The van der Waals surface area contributed by atoms with Gasteiger partial charge in [0.2, 0.25) is 0 Å². The van der Waals surface area contributed by atoms with Gasteiger partial charge in [0.25, 0.3) is 11.6 Å². The number of nitrogens with one attached hydrogen (secondary N) is 2. The standard InChI is InChI=1S/C17H14N4O4/c1-25-14-6-7-15-12(9-18-16(15)8-14)10-19-20-17(22)11-2-4-13(5-3-11)21(23)24/h2-10,18H,1H3,(H,20,22)/b19-10+. The predicted molar refractivity (Wildman–Crippen MR) is 93.0 cm³/mol. The molecule has 0 fully saturated rings. The number of hydrogen-bond acceptors (Lipinski definition) is 5. The molecule has 0 aliphatic heterocycles. The van der Waals surface area contributed by atoms with Gasteiger partial charge >= 0.3 is 0 Å². The summed E-state index contributed by atoms with van der Waals surface area (Å²) in [6.45, 7) is 0. The Bertz CT molecular complexity index is 960. The molecule has 0 aliphatic rings. The normalized spacial score (nSPS) is 10.9. The van der Waals surface area contributed by atoms with Crippen molar-refractivity contribution in [2.45, 2.75) is 0 Å². The highest BCUT2D eigenvalue weighted by molar-refractivity contribution is 6.00. The maximum Gasteiger partial charge on any atom is 0.271 e. The van der Waals surface area contributed by atoms with Crippen LogP contribution < -0.4 is 10.2 Å². The van der Waals surface area contributed by atoms with Crippen LogP contribution in [0.2, 0.25) is 0 Å². The van der Waals surface area contributed by atoms with Crippen molar-refractivity contribution >= 4 is 28.7 Å². The molecule has 0 saturated heterocycles. The number of fused-ring (bicyclic) bond motifs is 1. The number of rotatable bonds is 5. The van der Waals surface area contributed by atoms with Gasteiger partial charge < -0.3 is 9.72 Å². The fraction of sp³-hybridized carbons (Fsp3) is 0.0588. The summed E-state index contributed by atoms with van der Waals surface area (Å²) in [6.07, 6.45) is 3.29. The molecule has 0 saturated carbocycles. The van der Waals surface area contributed by atoms with E-state index in [0.717, 1.165) is 22.2 Å². The summed E-state index contributed by atoms with van der Waals surface area (Å²) in [5.41, 5.74) is 4.30. The van der Waals surface area contributed by atoms with Crippen molar-refractivity contribution in [3.05, 3.63) is 69.9 Å². The minimum atomic E-state index is -0.522. The molecule has 0 atom stereocenters. The van der Waals surface area contributed by atoms with E-state index >= 15 is 0 Å². The van der Waals surface area contributed by atoms with Crippen LogP contribution in [0.1, 0.15) is 15.9 Å². The molecule has 3 aromatic rings. The van der Waals surface area contributed by atoms with Gasteiger partial charge in [0.05, 0.1) is 18.2 Å². The summed E-state index contributed by atoms with van der Waals surface area (Å²) >= 11 is 0. The van der Waals surface area contributed by atoms with E-state index in [1.807, 2.05) is 18.2 Å². The lowest BCUT2D eigenvalue weighted by Gasteiger charge is -2.00. The number of aromatic amines is 1. The number of methoxy groups -OCH3 is 1. The molecule has 2 aromatic carbocycles. The SMILES string of the molecule is COc1ccc2c(/C=N/NC(=O)c3ccc([N+](=O)[O-])cc3)c[nH]c2c1. The van der Waals surface area contributed by atoms with Crippen LogP contribution in [-0.4, -0.2) is 29.1 Å². The van der Waals surface area contributed by atoms with Crippen molar-refractivity contribution < 1.29 is 14.5 Å². The first-order valence-corrected chi connectivity index (χ1v) is 7.31. The highest BCUT2D eigenvalue weighted by Crippen LogP contribution is 2.22. The van der Waals surface area contributed by atoms with Crippen LogP contribution in [0.25, 0.3) is 10.9 Å². The zero-order valence-electron chi connectivity index (χ0n) is 13.2. The Balaban J connectivity index is 1.70. The Labute approximate surface area is 142 Å². The number of carbonyl (C=O) groups excluding carboxylic acids is 1. The van der Waals surface area contributed by atoms with Crippen molar-refractivity contribution in [2.75, 3.05) is 7.11 Å². The van der Waals surface area contributed by atoms with Crippen molar-refractivity contribution in [1.29, 1.82) is 0 Å². The van der Waals surface area contributed by atoms with Crippen LogP contribution in [0.15, 0.2) is 53.8 Å². The number of ether oxygens (including phenoxy) is 1. The number of carbonyl (C=O) groups is 1. The molecule has 0 bridgehead atoms. The maximum absolute atomic E-state index is 12.0. The lowest BCUT2D eigenvalue weighted by molar-refractivity contribution is -0.384. The Morgan fingerprint density at radius 3 is 2.72 bits per heavy atom.